The highest BCUT2D eigenvalue weighted by atomic mass is 16.1. The summed E-state index contributed by atoms with van der Waals surface area (Å²) in [5, 5.41) is 2.89. The average molecular weight is 217 g/mol. The molecule has 0 radical (unpaired) electrons. The number of carbonyl (C=O) groups excluding carboxylic acids is 1. The predicted octanol–water partition coefficient (Wildman–Crippen LogP) is 3.50. The van der Waals surface area contributed by atoms with Gasteiger partial charge in [0.15, 0.2) is 0 Å². The summed E-state index contributed by atoms with van der Waals surface area (Å²) in [6.45, 7) is 8.23. The van der Waals surface area contributed by atoms with Crippen molar-refractivity contribution in [1.82, 2.24) is 0 Å². The van der Waals surface area contributed by atoms with Crippen LogP contribution in [-0.4, -0.2) is 5.91 Å². The maximum Gasteiger partial charge on any atom is 0.248 e. The summed E-state index contributed by atoms with van der Waals surface area (Å²) in [7, 11) is 0. The third kappa shape index (κ3) is 3.23. The zero-order valence-electron chi connectivity index (χ0n) is 10.4. The SMILES string of the molecule is CC=CC(=O)Nc1ccccc1C(C)(C)C. The van der Waals surface area contributed by atoms with E-state index in [1.165, 1.54) is 6.08 Å². The second-order valence-corrected chi connectivity index (χ2v) is 4.78. The van der Waals surface area contributed by atoms with Crippen molar-refractivity contribution in [2.24, 2.45) is 0 Å². The number of hydrogen-bond acceptors (Lipinski definition) is 1. The van der Waals surface area contributed by atoms with Gasteiger partial charge in [-0.05, 0) is 30.0 Å². The lowest BCUT2D eigenvalue weighted by Gasteiger charge is -2.22. The number of anilines is 1. The van der Waals surface area contributed by atoms with E-state index in [0.717, 1.165) is 11.3 Å². The molecule has 0 bridgehead atoms. The zero-order chi connectivity index (χ0) is 12.2. The van der Waals surface area contributed by atoms with E-state index >= 15 is 0 Å². The molecule has 0 saturated heterocycles. The van der Waals surface area contributed by atoms with Gasteiger partial charge in [0.05, 0.1) is 0 Å². The van der Waals surface area contributed by atoms with E-state index in [-0.39, 0.29) is 11.3 Å². The molecule has 0 aromatic heterocycles. The van der Waals surface area contributed by atoms with Gasteiger partial charge in [-0.2, -0.15) is 0 Å². The smallest absolute Gasteiger partial charge is 0.248 e. The number of para-hydroxylation sites is 1. The van der Waals surface area contributed by atoms with Gasteiger partial charge in [0.1, 0.15) is 0 Å². The Morgan fingerprint density at radius 3 is 2.44 bits per heavy atom. The molecule has 16 heavy (non-hydrogen) atoms. The predicted molar refractivity (Wildman–Crippen MR) is 68.6 cm³/mol. The number of rotatable bonds is 2. The molecule has 2 nitrogen and oxygen atoms in total. The summed E-state index contributed by atoms with van der Waals surface area (Å²) in [6, 6.07) is 7.90. The lowest BCUT2D eigenvalue weighted by molar-refractivity contribution is -0.111. The van der Waals surface area contributed by atoms with E-state index in [1.54, 1.807) is 6.08 Å². The Labute approximate surface area is 97.4 Å². The molecule has 0 unspecified atom stereocenters. The third-order valence-electron chi connectivity index (χ3n) is 2.31. The van der Waals surface area contributed by atoms with Gasteiger partial charge in [0.25, 0.3) is 0 Å². The second kappa shape index (κ2) is 4.97. The Morgan fingerprint density at radius 1 is 1.25 bits per heavy atom. The fourth-order valence-electron chi connectivity index (χ4n) is 1.57. The van der Waals surface area contributed by atoms with Crippen LogP contribution in [0.5, 0.6) is 0 Å². The Bertz CT molecular complexity index is 399. The van der Waals surface area contributed by atoms with Crippen LogP contribution in [0.1, 0.15) is 33.3 Å². The molecular weight excluding hydrogens is 198 g/mol. The number of nitrogens with one attached hydrogen (secondary N) is 1. The highest BCUT2D eigenvalue weighted by molar-refractivity contribution is 5.99. The zero-order valence-corrected chi connectivity index (χ0v) is 10.4. The van der Waals surface area contributed by atoms with Crippen molar-refractivity contribution in [2.75, 3.05) is 5.32 Å². The average Bonchev–Trinajstić information content (AvgIpc) is 2.17. The van der Waals surface area contributed by atoms with E-state index in [1.807, 2.05) is 31.2 Å². The summed E-state index contributed by atoms with van der Waals surface area (Å²) in [5.41, 5.74) is 2.06. The number of benzene rings is 1. The Hall–Kier alpha value is -1.57. The van der Waals surface area contributed by atoms with Gasteiger partial charge in [-0.15, -0.1) is 0 Å². The molecule has 86 valence electrons. The quantitative estimate of drug-likeness (QED) is 0.755. The number of hydrogen-bond donors (Lipinski definition) is 1. The van der Waals surface area contributed by atoms with Gasteiger partial charge >= 0.3 is 0 Å². The van der Waals surface area contributed by atoms with Crippen molar-refractivity contribution in [3.05, 3.63) is 42.0 Å². The topological polar surface area (TPSA) is 29.1 Å². The monoisotopic (exact) mass is 217 g/mol. The molecule has 0 heterocycles. The van der Waals surface area contributed by atoms with E-state index in [0.29, 0.717) is 0 Å². The molecule has 0 aliphatic carbocycles. The first-order valence-corrected chi connectivity index (χ1v) is 5.48. The lowest BCUT2D eigenvalue weighted by Crippen LogP contribution is -2.17. The largest absolute Gasteiger partial charge is 0.322 e. The van der Waals surface area contributed by atoms with Crippen LogP contribution in [-0.2, 0) is 10.2 Å². The summed E-state index contributed by atoms with van der Waals surface area (Å²) in [5.74, 6) is -0.0841. The summed E-state index contributed by atoms with van der Waals surface area (Å²) < 4.78 is 0. The first-order valence-electron chi connectivity index (χ1n) is 5.48. The van der Waals surface area contributed by atoms with Crippen LogP contribution in [0.15, 0.2) is 36.4 Å². The van der Waals surface area contributed by atoms with Crippen LogP contribution in [0.25, 0.3) is 0 Å². The number of carbonyl (C=O) groups is 1. The van der Waals surface area contributed by atoms with Gasteiger partial charge in [-0.3, -0.25) is 4.79 Å². The summed E-state index contributed by atoms with van der Waals surface area (Å²) >= 11 is 0. The fraction of sp³-hybridized carbons (Fsp3) is 0.357. The minimum absolute atomic E-state index is 0.0276. The first kappa shape index (κ1) is 12.5. The minimum Gasteiger partial charge on any atom is -0.322 e. The van der Waals surface area contributed by atoms with Crippen LogP contribution < -0.4 is 5.32 Å². The lowest BCUT2D eigenvalue weighted by atomic mass is 9.86. The highest BCUT2D eigenvalue weighted by Gasteiger charge is 2.17. The maximum atomic E-state index is 11.5. The molecule has 0 aliphatic rings. The van der Waals surface area contributed by atoms with Crippen LogP contribution >= 0.6 is 0 Å². The molecule has 1 N–H and O–H groups in total. The maximum absolute atomic E-state index is 11.5. The standard InChI is InChI=1S/C14H19NO/c1-5-8-13(16)15-12-10-7-6-9-11(12)14(2,3)4/h5-10H,1-4H3,(H,15,16). The summed E-state index contributed by atoms with van der Waals surface area (Å²) in [4.78, 5) is 11.5. The van der Waals surface area contributed by atoms with Gasteiger partial charge in [0, 0.05) is 5.69 Å². The molecule has 1 rings (SSSR count). The van der Waals surface area contributed by atoms with Crippen molar-refractivity contribution >= 4 is 11.6 Å². The Morgan fingerprint density at radius 2 is 1.88 bits per heavy atom. The first-order chi connectivity index (χ1) is 7.45. The van der Waals surface area contributed by atoms with Crippen molar-refractivity contribution in [1.29, 1.82) is 0 Å². The summed E-state index contributed by atoms with van der Waals surface area (Å²) in [6.07, 6.45) is 3.26. The number of amides is 1. The highest BCUT2D eigenvalue weighted by Crippen LogP contribution is 2.29. The van der Waals surface area contributed by atoms with E-state index in [4.69, 9.17) is 0 Å². The van der Waals surface area contributed by atoms with Crippen LogP contribution in [0.2, 0.25) is 0 Å². The van der Waals surface area contributed by atoms with E-state index in [2.05, 4.69) is 26.1 Å². The fourth-order valence-corrected chi connectivity index (χ4v) is 1.57. The van der Waals surface area contributed by atoms with Crippen molar-refractivity contribution < 1.29 is 4.79 Å². The van der Waals surface area contributed by atoms with Gasteiger partial charge in [0.2, 0.25) is 5.91 Å². The molecule has 0 spiro atoms. The Kier molecular flexibility index (Phi) is 3.88. The van der Waals surface area contributed by atoms with Gasteiger partial charge in [-0.25, -0.2) is 0 Å². The number of allylic oxidation sites excluding steroid dienone is 1. The molecule has 0 atom stereocenters. The molecule has 1 aromatic rings. The molecule has 2 heteroatoms. The molecular formula is C14H19NO. The van der Waals surface area contributed by atoms with Crippen LogP contribution in [0, 0.1) is 0 Å². The van der Waals surface area contributed by atoms with Gasteiger partial charge in [-0.1, -0.05) is 45.0 Å². The normalized spacial score (nSPS) is 11.8. The molecule has 1 amide bonds. The molecule has 0 saturated carbocycles. The van der Waals surface area contributed by atoms with Crippen molar-refractivity contribution in [2.45, 2.75) is 33.1 Å². The van der Waals surface area contributed by atoms with E-state index in [9.17, 15) is 4.79 Å². The van der Waals surface area contributed by atoms with Crippen molar-refractivity contribution in [3.63, 3.8) is 0 Å². The Balaban J connectivity index is 3.01. The van der Waals surface area contributed by atoms with Crippen LogP contribution in [0.3, 0.4) is 0 Å². The molecule has 1 aromatic carbocycles. The van der Waals surface area contributed by atoms with E-state index < -0.39 is 0 Å². The second-order valence-electron chi connectivity index (χ2n) is 4.78. The third-order valence-corrected chi connectivity index (χ3v) is 2.31. The minimum atomic E-state index is -0.0841. The molecule has 0 aliphatic heterocycles. The molecule has 0 fully saturated rings. The van der Waals surface area contributed by atoms with Crippen LogP contribution in [0.4, 0.5) is 5.69 Å². The van der Waals surface area contributed by atoms with Crippen molar-refractivity contribution in [3.8, 4) is 0 Å². The van der Waals surface area contributed by atoms with Gasteiger partial charge < -0.3 is 5.32 Å².